The Morgan fingerprint density at radius 3 is 2.45 bits per heavy atom. The van der Waals surface area contributed by atoms with Gasteiger partial charge in [0.2, 0.25) is 5.91 Å². The van der Waals surface area contributed by atoms with Gasteiger partial charge in [-0.2, -0.15) is 0 Å². The summed E-state index contributed by atoms with van der Waals surface area (Å²) in [7, 11) is 0. The van der Waals surface area contributed by atoms with Crippen molar-refractivity contribution in [3.63, 3.8) is 0 Å². The predicted molar refractivity (Wildman–Crippen MR) is 113 cm³/mol. The highest BCUT2D eigenvalue weighted by Crippen LogP contribution is 2.27. The Kier molecular flexibility index (Phi) is 7.64. The lowest BCUT2D eigenvalue weighted by Crippen LogP contribution is -2.49. The fraction of sp³-hybridized carbons (Fsp3) is 0.391. The molecule has 3 rings (SSSR count). The number of carbonyl (C=O) groups excluding carboxylic acids is 2. The molecule has 2 aromatic rings. The molecule has 29 heavy (non-hydrogen) atoms. The van der Waals surface area contributed by atoms with Gasteiger partial charge in [0.25, 0.3) is 0 Å². The smallest absolute Gasteiger partial charge is 0.408 e. The third-order valence-electron chi connectivity index (χ3n) is 5.32. The van der Waals surface area contributed by atoms with Crippen molar-refractivity contribution in [1.82, 2.24) is 5.32 Å². The second kappa shape index (κ2) is 10.6. The Labute approximate surface area is 171 Å². The Bertz CT molecular complexity index is 804. The van der Waals surface area contributed by atoms with Gasteiger partial charge in [-0.3, -0.25) is 4.79 Å². The molecule has 0 heterocycles. The van der Waals surface area contributed by atoms with Gasteiger partial charge in [-0.05, 0) is 42.0 Å². The van der Waals surface area contributed by atoms with Gasteiger partial charge >= 0.3 is 6.09 Å². The first kappa shape index (κ1) is 20.9. The summed E-state index contributed by atoms with van der Waals surface area (Å²) in [5.41, 5.74) is 8.21. The molecular formula is C23H29N3O3. The molecule has 6 nitrogen and oxygen atoms in total. The molecule has 1 aliphatic carbocycles. The molecule has 1 saturated carbocycles. The van der Waals surface area contributed by atoms with E-state index in [-0.39, 0.29) is 18.4 Å². The second-order valence-electron chi connectivity index (χ2n) is 7.48. The number of carbonyl (C=O) groups is 2. The molecule has 6 heteroatoms. The van der Waals surface area contributed by atoms with Crippen LogP contribution in [0.1, 0.15) is 43.2 Å². The lowest BCUT2D eigenvalue weighted by Gasteiger charge is -2.29. The maximum absolute atomic E-state index is 13.0. The largest absolute Gasteiger partial charge is 0.445 e. The maximum Gasteiger partial charge on any atom is 0.408 e. The summed E-state index contributed by atoms with van der Waals surface area (Å²) in [6.45, 7) is 0.573. The molecular weight excluding hydrogens is 366 g/mol. The zero-order valence-corrected chi connectivity index (χ0v) is 16.6. The maximum atomic E-state index is 13.0. The minimum Gasteiger partial charge on any atom is -0.445 e. The van der Waals surface area contributed by atoms with E-state index in [1.165, 1.54) is 6.42 Å². The minimum absolute atomic E-state index is 0.103. The average Bonchev–Trinajstić information content (AvgIpc) is 2.77. The van der Waals surface area contributed by atoms with Gasteiger partial charge in [-0.15, -0.1) is 0 Å². The molecule has 154 valence electrons. The van der Waals surface area contributed by atoms with Crippen molar-refractivity contribution in [2.45, 2.75) is 51.3 Å². The number of benzene rings is 2. The van der Waals surface area contributed by atoms with Crippen LogP contribution in [-0.4, -0.2) is 18.0 Å². The van der Waals surface area contributed by atoms with Crippen molar-refractivity contribution in [2.24, 2.45) is 11.7 Å². The van der Waals surface area contributed by atoms with E-state index in [1.54, 1.807) is 0 Å². The molecule has 2 amide bonds. The van der Waals surface area contributed by atoms with E-state index in [0.29, 0.717) is 12.2 Å². The zero-order chi connectivity index (χ0) is 20.5. The van der Waals surface area contributed by atoms with Crippen LogP contribution in [0.4, 0.5) is 10.5 Å². The highest BCUT2D eigenvalue weighted by Gasteiger charge is 2.31. The van der Waals surface area contributed by atoms with Crippen molar-refractivity contribution in [3.8, 4) is 0 Å². The summed E-state index contributed by atoms with van der Waals surface area (Å²) in [6.07, 6.45) is 4.56. The second-order valence-corrected chi connectivity index (χ2v) is 7.48. The number of amides is 2. The lowest BCUT2D eigenvalue weighted by atomic mass is 9.83. The number of anilines is 1. The number of nitrogens with one attached hydrogen (secondary N) is 2. The van der Waals surface area contributed by atoms with E-state index < -0.39 is 12.1 Å². The van der Waals surface area contributed by atoms with E-state index in [2.05, 4.69) is 10.6 Å². The number of rotatable bonds is 7. The molecule has 2 aromatic carbocycles. The van der Waals surface area contributed by atoms with E-state index in [9.17, 15) is 9.59 Å². The highest BCUT2D eigenvalue weighted by molar-refractivity contribution is 5.96. The Hall–Kier alpha value is -2.86. The zero-order valence-electron chi connectivity index (χ0n) is 16.6. The number of alkyl carbamates (subject to hydrolysis) is 1. The molecule has 0 bridgehead atoms. The van der Waals surface area contributed by atoms with Gasteiger partial charge in [0.15, 0.2) is 0 Å². The lowest BCUT2D eigenvalue weighted by molar-refractivity contribution is -0.119. The SMILES string of the molecule is NCc1cccc(NC(=O)[C@@H](NC(=O)OCc2ccccc2)C2CCCCC2)c1. The summed E-state index contributed by atoms with van der Waals surface area (Å²) >= 11 is 0. The summed E-state index contributed by atoms with van der Waals surface area (Å²) < 4.78 is 5.34. The third kappa shape index (κ3) is 6.32. The fourth-order valence-corrected chi connectivity index (χ4v) is 3.75. The normalized spacial score (nSPS) is 15.3. The highest BCUT2D eigenvalue weighted by atomic mass is 16.5. The molecule has 1 atom stereocenters. The van der Waals surface area contributed by atoms with Crippen LogP contribution in [0.3, 0.4) is 0 Å². The first-order chi connectivity index (χ1) is 14.2. The van der Waals surface area contributed by atoms with E-state index in [0.717, 1.165) is 36.8 Å². The van der Waals surface area contributed by atoms with Crippen LogP contribution < -0.4 is 16.4 Å². The summed E-state index contributed by atoms with van der Waals surface area (Å²) in [5.74, 6) is -0.117. The summed E-state index contributed by atoms with van der Waals surface area (Å²) in [6, 6.07) is 16.3. The van der Waals surface area contributed by atoms with Crippen LogP contribution >= 0.6 is 0 Å². The molecule has 4 N–H and O–H groups in total. The van der Waals surface area contributed by atoms with E-state index in [1.807, 2.05) is 54.6 Å². The van der Waals surface area contributed by atoms with Gasteiger partial charge in [0, 0.05) is 12.2 Å². The van der Waals surface area contributed by atoms with Crippen molar-refractivity contribution in [2.75, 3.05) is 5.32 Å². The Morgan fingerprint density at radius 1 is 1.00 bits per heavy atom. The third-order valence-corrected chi connectivity index (χ3v) is 5.32. The summed E-state index contributed by atoms with van der Waals surface area (Å²) in [4.78, 5) is 25.4. The first-order valence-corrected chi connectivity index (χ1v) is 10.2. The van der Waals surface area contributed by atoms with Gasteiger partial charge in [-0.25, -0.2) is 4.79 Å². The van der Waals surface area contributed by atoms with Gasteiger partial charge in [0.1, 0.15) is 12.6 Å². The number of hydrogen-bond donors (Lipinski definition) is 3. The predicted octanol–water partition coefficient (Wildman–Crippen LogP) is 3.96. The van der Waals surface area contributed by atoms with Crippen LogP contribution in [-0.2, 0) is 22.7 Å². The van der Waals surface area contributed by atoms with Crippen molar-refractivity contribution < 1.29 is 14.3 Å². The monoisotopic (exact) mass is 395 g/mol. The van der Waals surface area contributed by atoms with Crippen LogP contribution in [0.5, 0.6) is 0 Å². The molecule has 0 spiro atoms. The average molecular weight is 396 g/mol. The van der Waals surface area contributed by atoms with Crippen molar-refractivity contribution >= 4 is 17.7 Å². The molecule has 0 saturated heterocycles. The van der Waals surface area contributed by atoms with E-state index in [4.69, 9.17) is 10.5 Å². The number of hydrogen-bond acceptors (Lipinski definition) is 4. The van der Waals surface area contributed by atoms with Crippen LogP contribution in [0, 0.1) is 5.92 Å². The molecule has 0 aromatic heterocycles. The number of ether oxygens (including phenoxy) is 1. The van der Waals surface area contributed by atoms with Gasteiger partial charge in [0.05, 0.1) is 0 Å². The standard InChI is InChI=1S/C23H29N3O3/c24-15-18-10-7-13-20(14-18)25-22(27)21(19-11-5-2-6-12-19)26-23(28)29-16-17-8-3-1-4-9-17/h1,3-4,7-10,13-14,19,21H,2,5-6,11-12,15-16,24H2,(H,25,27)(H,26,28)/t21-/m0/s1. The Morgan fingerprint density at radius 2 is 1.72 bits per heavy atom. The van der Waals surface area contributed by atoms with Crippen molar-refractivity contribution in [3.05, 3.63) is 65.7 Å². The Balaban J connectivity index is 1.64. The van der Waals surface area contributed by atoms with Crippen LogP contribution in [0.25, 0.3) is 0 Å². The van der Waals surface area contributed by atoms with Crippen molar-refractivity contribution in [1.29, 1.82) is 0 Å². The topological polar surface area (TPSA) is 93.5 Å². The van der Waals surface area contributed by atoms with Crippen LogP contribution in [0.2, 0.25) is 0 Å². The minimum atomic E-state index is -0.625. The molecule has 1 aliphatic rings. The molecule has 0 radical (unpaired) electrons. The quantitative estimate of drug-likeness (QED) is 0.661. The first-order valence-electron chi connectivity index (χ1n) is 10.2. The number of nitrogens with two attached hydrogens (primary N) is 1. The van der Waals surface area contributed by atoms with Crippen LogP contribution in [0.15, 0.2) is 54.6 Å². The molecule has 0 unspecified atom stereocenters. The summed E-state index contributed by atoms with van der Waals surface area (Å²) in [5, 5.41) is 5.74. The van der Waals surface area contributed by atoms with E-state index >= 15 is 0 Å². The fourth-order valence-electron chi connectivity index (χ4n) is 3.75. The molecule has 1 fully saturated rings. The molecule has 0 aliphatic heterocycles. The van der Waals surface area contributed by atoms with Gasteiger partial charge < -0.3 is 21.1 Å². The van der Waals surface area contributed by atoms with Gasteiger partial charge in [-0.1, -0.05) is 61.7 Å².